The number of hydrogen-bond donors (Lipinski definition) is 2. The maximum atomic E-state index is 11.5. The Morgan fingerprint density at radius 1 is 1.44 bits per heavy atom. The summed E-state index contributed by atoms with van der Waals surface area (Å²) in [6, 6.07) is 5.43. The van der Waals surface area contributed by atoms with Gasteiger partial charge in [0.25, 0.3) is 5.91 Å². The van der Waals surface area contributed by atoms with Crippen LogP contribution in [0.25, 0.3) is 0 Å². The fourth-order valence-electron chi connectivity index (χ4n) is 2.51. The molecular formula is C13H18ClN3O. The third kappa shape index (κ3) is 2.60. The summed E-state index contributed by atoms with van der Waals surface area (Å²) >= 11 is 6.02. The van der Waals surface area contributed by atoms with Gasteiger partial charge in [-0.1, -0.05) is 11.6 Å². The van der Waals surface area contributed by atoms with Crippen molar-refractivity contribution >= 4 is 23.2 Å². The molecular weight excluding hydrogens is 250 g/mol. The number of anilines is 1. The van der Waals surface area contributed by atoms with Crippen LogP contribution in [0.5, 0.6) is 0 Å². The molecule has 4 nitrogen and oxygen atoms in total. The smallest absolute Gasteiger partial charge is 0.250 e. The molecule has 4 N–H and O–H groups in total. The highest BCUT2D eigenvalue weighted by Crippen LogP contribution is 2.30. The molecule has 0 radical (unpaired) electrons. The number of halogens is 1. The molecule has 1 aliphatic rings. The Balaban J connectivity index is 2.41. The van der Waals surface area contributed by atoms with Crippen molar-refractivity contribution in [1.29, 1.82) is 0 Å². The van der Waals surface area contributed by atoms with Crippen molar-refractivity contribution in [1.82, 2.24) is 0 Å². The zero-order valence-corrected chi connectivity index (χ0v) is 11.0. The minimum absolute atomic E-state index is 0.260. The molecule has 5 heteroatoms. The van der Waals surface area contributed by atoms with Gasteiger partial charge in [-0.3, -0.25) is 4.79 Å². The zero-order chi connectivity index (χ0) is 13.1. The highest BCUT2D eigenvalue weighted by Gasteiger charge is 2.24. The van der Waals surface area contributed by atoms with E-state index in [1.165, 1.54) is 6.42 Å². The quantitative estimate of drug-likeness (QED) is 0.876. The fourth-order valence-corrected chi connectivity index (χ4v) is 2.68. The molecule has 98 valence electrons. The molecule has 18 heavy (non-hydrogen) atoms. The Hall–Kier alpha value is -1.26. The molecule has 1 heterocycles. The number of rotatable bonds is 3. The van der Waals surface area contributed by atoms with Crippen molar-refractivity contribution in [3.63, 3.8) is 0 Å². The van der Waals surface area contributed by atoms with Crippen molar-refractivity contribution in [3.05, 3.63) is 28.8 Å². The number of carbonyl (C=O) groups excluding carboxylic acids is 1. The predicted molar refractivity (Wildman–Crippen MR) is 74.0 cm³/mol. The lowest BCUT2D eigenvalue weighted by Gasteiger charge is -2.37. The molecule has 0 spiro atoms. The molecule has 0 aromatic heterocycles. The van der Waals surface area contributed by atoms with Crippen molar-refractivity contribution in [2.24, 2.45) is 11.5 Å². The van der Waals surface area contributed by atoms with Crippen LogP contribution in [0.1, 0.15) is 29.6 Å². The van der Waals surface area contributed by atoms with E-state index in [-0.39, 0.29) is 6.04 Å². The first-order valence-electron chi connectivity index (χ1n) is 6.19. The summed E-state index contributed by atoms with van der Waals surface area (Å²) in [5.74, 6) is -0.428. The van der Waals surface area contributed by atoms with Crippen LogP contribution in [0.3, 0.4) is 0 Å². The van der Waals surface area contributed by atoms with Gasteiger partial charge in [-0.2, -0.15) is 0 Å². The lowest BCUT2D eigenvalue weighted by Crippen LogP contribution is -2.45. The van der Waals surface area contributed by atoms with E-state index in [9.17, 15) is 4.79 Å². The third-order valence-corrected chi connectivity index (χ3v) is 3.67. The van der Waals surface area contributed by atoms with Crippen LogP contribution in [0, 0.1) is 0 Å². The first-order chi connectivity index (χ1) is 8.63. The van der Waals surface area contributed by atoms with Crippen molar-refractivity contribution in [3.8, 4) is 0 Å². The first kappa shape index (κ1) is 13.2. The van der Waals surface area contributed by atoms with Gasteiger partial charge in [0, 0.05) is 24.2 Å². The number of hydrogen-bond acceptors (Lipinski definition) is 3. The van der Waals surface area contributed by atoms with E-state index in [1.54, 1.807) is 18.2 Å². The second kappa shape index (κ2) is 5.59. The molecule has 1 saturated heterocycles. The molecule has 1 amide bonds. The van der Waals surface area contributed by atoms with Gasteiger partial charge in [0.05, 0.1) is 11.3 Å². The molecule has 1 atom stereocenters. The van der Waals surface area contributed by atoms with Crippen molar-refractivity contribution < 1.29 is 4.79 Å². The average molecular weight is 268 g/mol. The molecule has 1 aliphatic heterocycles. The topological polar surface area (TPSA) is 72.3 Å². The van der Waals surface area contributed by atoms with E-state index in [1.807, 2.05) is 0 Å². The Morgan fingerprint density at radius 3 is 2.89 bits per heavy atom. The Morgan fingerprint density at radius 2 is 2.22 bits per heavy atom. The maximum absolute atomic E-state index is 11.5. The standard InChI is InChI=1S/C13H18ClN3O/c14-9-4-5-11(13(16)18)12(7-9)17-6-2-1-3-10(17)8-15/h4-5,7,10H,1-3,6,8,15H2,(H2,16,18). The highest BCUT2D eigenvalue weighted by atomic mass is 35.5. The lowest BCUT2D eigenvalue weighted by atomic mass is 9.99. The number of piperidine rings is 1. The van der Waals surface area contributed by atoms with Crippen LogP contribution >= 0.6 is 11.6 Å². The Labute approximate surface area is 112 Å². The van der Waals surface area contributed by atoms with Gasteiger partial charge in [-0.15, -0.1) is 0 Å². The summed E-state index contributed by atoms with van der Waals surface area (Å²) in [6.07, 6.45) is 3.31. The number of carbonyl (C=O) groups is 1. The van der Waals surface area contributed by atoms with E-state index >= 15 is 0 Å². The normalized spacial score (nSPS) is 19.9. The van der Waals surface area contributed by atoms with E-state index in [4.69, 9.17) is 23.1 Å². The molecule has 1 unspecified atom stereocenters. The van der Waals surface area contributed by atoms with Gasteiger partial charge >= 0.3 is 0 Å². The van der Waals surface area contributed by atoms with Crippen LogP contribution < -0.4 is 16.4 Å². The highest BCUT2D eigenvalue weighted by molar-refractivity contribution is 6.31. The molecule has 0 saturated carbocycles. The summed E-state index contributed by atoms with van der Waals surface area (Å²) < 4.78 is 0. The van der Waals surface area contributed by atoms with Crippen LogP contribution in [-0.2, 0) is 0 Å². The largest absolute Gasteiger partial charge is 0.367 e. The van der Waals surface area contributed by atoms with Crippen LogP contribution in [0.4, 0.5) is 5.69 Å². The average Bonchev–Trinajstić information content (AvgIpc) is 2.38. The SMILES string of the molecule is NCC1CCCCN1c1cc(Cl)ccc1C(N)=O. The maximum Gasteiger partial charge on any atom is 0.250 e. The van der Waals surface area contributed by atoms with E-state index in [2.05, 4.69) is 4.90 Å². The van der Waals surface area contributed by atoms with Crippen molar-refractivity contribution in [2.45, 2.75) is 25.3 Å². The summed E-state index contributed by atoms with van der Waals surface area (Å²) in [5, 5.41) is 0.608. The second-order valence-corrected chi connectivity index (χ2v) is 5.04. The molecule has 0 aliphatic carbocycles. The van der Waals surface area contributed by atoms with Gasteiger partial charge in [0.2, 0.25) is 0 Å². The number of primary amides is 1. The minimum atomic E-state index is -0.428. The summed E-state index contributed by atoms with van der Waals surface area (Å²) in [4.78, 5) is 13.7. The molecule has 1 aromatic rings. The lowest BCUT2D eigenvalue weighted by molar-refractivity contribution is 0.100. The zero-order valence-electron chi connectivity index (χ0n) is 10.2. The molecule has 2 rings (SSSR count). The number of benzene rings is 1. The summed E-state index contributed by atoms with van der Waals surface area (Å²) in [6.45, 7) is 1.47. The van der Waals surface area contributed by atoms with E-state index < -0.39 is 5.91 Å². The Bertz CT molecular complexity index is 450. The van der Waals surface area contributed by atoms with E-state index in [0.717, 1.165) is 25.1 Å². The summed E-state index contributed by atoms with van der Waals surface area (Å²) in [5.41, 5.74) is 12.5. The fraction of sp³-hybridized carbons (Fsp3) is 0.462. The minimum Gasteiger partial charge on any atom is -0.367 e. The van der Waals surface area contributed by atoms with Crippen LogP contribution in [0.15, 0.2) is 18.2 Å². The monoisotopic (exact) mass is 267 g/mol. The van der Waals surface area contributed by atoms with Crippen molar-refractivity contribution in [2.75, 3.05) is 18.0 Å². The summed E-state index contributed by atoms with van der Waals surface area (Å²) in [7, 11) is 0. The van der Waals surface area contributed by atoms with Gasteiger partial charge in [-0.05, 0) is 37.5 Å². The number of amides is 1. The van der Waals surface area contributed by atoms with E-state index in [0.29, 0.717) is 17.1 Å². The predicted octanol–water partition coefficient (Wildman–Crippen LogP) is 1.76. The molecule has 1 aromatic carbocycles. The van der Waals surface area contributed by atoms with Crippen LogP contribution in [-0.4, -0.2) is 25.0 Å². The van der Waals surface area contributed by atoms with Gasteiger partial charge in [0.1, 0.15) is 0 Å². The Kier molecular flexibility index (Phi) is 4.09. The second-order valence-electron chi connectivity index (χ2n) is 4.60. The molecule has 0 bridgehead atoms. The third-order valence-electron chi connectivity index (χ3n) is 3.43. The first-order valence-corrected chi connectivity index (χ1v) is 6.57. The number of nitrogens with zero attached hydrogens (tertiary/aromatic N) is 1. The van der Waals surface area contributed by atoms with Gasteiger partial charge in [0.15, 0.2) is 0 Å². The number of nitrogens with two attached hydrogens (primary N) is 2. The van der Waals surface area contributed by atoms with Crippen LogP contribution in [0.2, 0.25) is 5.02 Å². The van der Waals surface area contributed by atoms with Gasteiger partial charge in [-0.25, -0.2) is 0 Å². The molecule has 1 fully saturated rings. The van der Waals surface area contributed by atoms with Gasteiger partial charge < -0.3 is 16.4 Å².